The van der Waals surface area contributed by atoms with Gasteiger partial charge in [0.05, 0.1) is 12.4 Å². The van der Waals surface area contributed by atoms with E-state index in [1.807, 2.05) is 0 Å². The van der Waals surface area contributed by atoms with E-state index >= 15 is 0 Å². The minimum absolute atomic E-state index is 0.383. The molecule has 0 aliphatic carbocycles. The number of halogens is 5. The lowest BCUT2D eigenvalue weighted by atomic mass is 10.4. The van der Waals surface area contributed by atoms with Crippen molar-refractivity contribution in [2.75, 3.05) is 0 Å². The highest BCUT2D eigenvalue weighted by Crippen LogP contribution is 2.29. The molecule has 1 heterocycles. The van der Waals surface area contributed by atoms with Crippen molar-refractivity contribution in [3.8, 4) is 5.75 Å². The highest BCUT2D eigenvalue weighted by Gasteiger charge is 2.34. The number of hydrogen-bond donors (Lipinski definition) is 0. The normalized spacial score (nSPS) is 12.6. The molecule has 90 valence electrons. The summed E-state index contributed by atoms with van der Waals surface area (Å²) in [5.41, 5.74) is 0. The Labute approximate surface area is 91.2 Å². The molecular weight excluding hydrogens is 278 g/mol. The van der Waals surface area contributed by atoms with E-state index in [0.717, 1.165) is 0 Å². The van der Waals surface area contributed by atoms with Crippen LogP contribution < -0.4 is 4.74 Å². The molecule has 0 atom stereocenters. The first-order valence-electron chi connectivity index (χ1n) is 3.45. The van der Waals surface area contributed by atoms with Gasteiger partial charge in [-0.3, -0.25) is 4.98 Å². The smallest absolute Gasteiger partial charge is 0.401 e. The fourth-order valence-electron chi connectivity index (χ4n) is 0.773. The molecule has 1 rings (SSSR count). The number of aromatic nitrogens is 1. The Morgan fingerprint density at radius 3 is 2.31 bits per heavy atom. The topological polar surface area (TPSA) is 56.3 Å². The van der Waals surface area contributed by atoms with Gasteiger partial charge in [-0.05, 0) is 0 Å². The van der Waals surface area contributed by atoms with Crippen LogP contribution in [0.15, 0.2) is 17.3 Å². The van der Waals surface area contributed by atoms with Gasteiger partial charge < -0.3 is 4.74 Å². The molecule has 16 heavy (non-hydrogen) atoms. The van der Waals surface area contributed by atoms with Crippen LogP contribution in [0.1, 0.15) is 0 Å². The Morgan fingerprint density at radius 2 is 1.88 bits per heavy atom. The Balaban J connectivity index is 3.25. The van der Waals surface area contributed by atoms with Gasteiger partial charge in [0.2, 0.25) is 0 Å². The molecule has 1 aromatic heterocycles. The molecule has 0 fully saturated rings. The zero-order valence-electron chi connectivity index (χ0n) is 7.12. The quantitative estimate of drug-likeness (QED) is 0.614. The van der Waals surface area contributed by atoms with Crippen molar-refractivity contribution in [2.45, 2.75) is 11.3 Å². The van der Waals surface area contributed by atoms with Gasteiger partial charge in [-0.15, -0.1) is 13.2 Å². The van der Waals surface area contributed by atoms with Crippen molar-refractivity contribution in [2.24, 2.45) is 0 Å². The Morgan fingerprint density at radius 1 is 1.31 bits per heavy atom. The van der Waals surface area contributed by atoms with Gasteiger partial charge in [0.25, 0.3) is 9.05 Å². The maximum Gasteiger partial charge on any atom is 0.573 e. The third kappa shape index (κ3) is 3.20. The lowest BCUT2D eigenvalue weighted by Gasteiger charge is -2.09. The van der Waals surface area contributed by atoms with Crippen molar-refractivity contribution >= 4 is 19.7 Å². The summed E-state index contributed by atoms with van der Waals surface area (Å²) >= 11 is 0. The molecule has 10 heteroatoms. The lowest BCUT2D eigenvalue weighted by Crippen LogP contribution is -2.18. The van der Waals surface area contributed by atoms with E-state index in [-0.39, 0.29) is 0 Å². The Hall–Kier alpha value is -1.09. The first-order valence-corrected chi connectivity index (χ1v) is 5.76. The van der Waals surface area contributed by atoms with E-state index in [0.29, 0.717) is 12.4 Å². The van der Waals surface area contributed by atoms with Crippen LogP contribution in [0.3, 0.4) is 0 Å². The fourth-order valence-corrected chi connectivity index (χ4v) is 1.60. The van der Waals surface area contributed by atoms with Crippen molar-refractivity contribution in [1.82, 2.24) is 4.98 Å². The number of rotatable bonds is 2. The summed E-state index contributed by atoms with van der Waals surface area (Å²) in [6.07, 6.45) is -4.30. The second kappa shape index (κ2) is 4.06. The summed E-state index contributed by atoms with van der Waals surface area (Å²) in [5, 5.41) is 0. The third-order valence-electron chi connectivity index (χ3n) is 1.30. The summed E-state index contributed by atoms with van der Waals surface area (Å²) in [4.78, 5) is 1.88. The number of pyridine rings is 1. The van der Waals surface area contributed by atoms with Crippen LogP contribution in [0.5, 0.6) is 5.75 Å². The van der Waals surface area contributed by atoms with Crippen LogP contribution in [0.2, 0.25) is 0 Å². The van der Waals surface area contributed by atoms with E-state index < -0.39 is 31.9 Å². The van der Waals surface area contributed by atoms with Gasteiger partial charge in [0, 0.05) is 10.7 Å². The molecule has 0 saturated carbocycles. The zero-order valence-corrected chi connectivity index (χ0v) is 8.70. The van der Waals surface area contributed by atoms with E-state index in [9.17, 15) is 26.0 Å². The minimum Gasteiger partial charge on any atom is -0.401 e. The van der Waals surface area contributed by atoms with Gasteiger partial charge >= 0.3 is 6.36 Å². The van der Waals surface area contributed by atoms with Crippen molar-refractivity contribution in [1.29, 1.82) is 0 Å². The maximum absolute atomic E-state index is 13.2. The molecule has 0 radical (unpaired) electrons. The average Bonchev–Trinajstić information content (AvgIpc) is 2.04. The van der Waals surface area contributed by atoms with Crippen molar-refractivity contribution < 1.29 is 30.7 Å². The molecule has 0 spiro atoms. The van der Waals surface area contributed by atoms with Crippen LogP contribution >= 0.6 is 10.7 Å². The molecule has 0 N–H and O–H groups in total. The Bertz CT molecular complexity index is 501. The molecule has 0 aromatic carbocycles. The van der Waals surface area contributed by atoms with Crippen molar-refractivity contribution in [3.05, 3.63) is 18.2 Å². The zero-order chi connectivity index (χ0) is 12.6. The molecule has 0 saturated heterocycles. The predicted molar refractivity (Wildman–Crippen MR) is 43.9 cm³/mol. The summed E-state index contributed by atoms with van der Waals surface area (Å²) < 4.78 is 73.1. The third-order valence-corrected chi connectivity index (χ3v) is 2.61. The molecule has 1 aromatic rings. The van der Waals surface area contributed by atoms with Crippen LogP contribution in [0.25, 0.3) is 0 Å². The average molecular weight is 280 g/mol. The van der Waals surface area contributed by atoms with Gasteiger partial charge in [0.1, 0.15) is 4.90 Å². The number of alkyl halides is 3. The Kier molecular flexibility index (Phi) is 3.29. The van der Waals surface area contributed by atoms with Crippen LogP contribution in [-0.2, 0) is 9.05 Å². The predicted octanol–water partition coefficient (Wildman–Crippen LogP) is 2.05. The molecule has 0 bridgehead atoms. The largest absolute Gasteiger partial charge is 0.573 e. The van der Waals surface area contributed by atoms with E-state index in [1.165, 1.54) is 0 Å². The van der Waals surface area contributed by atoms with Gasteiger partial charge in [-0.1, -0.05) is 0 Å². The summed E-state index contributed by atoms with van der Waals surface area (Å²) in [6, 6.07) is 0. The lowest BCUT2D eigenvalue weighted by molar-refractivity contribution is -0.275. The van der Waals surface area contributed by atoms with E-state index in [4.69, 9.17) is 10.7 Å². The number of ether oxygens (including phenoxy) is 1. The molecular formula is C6H2ClF4NO3S. The number of hydrogen-bond acceptors (Lipinski definition) is 4. The second-order valence-corrected chi connectivity index (χ2v) is 4.97. The highest BCUT2D eigenvalue weighted by atomic mass is 35.7. The molecule has 0 unspecified atom stereocenters. The van der Waals surface area contributed by atoms with Crippen molar-refractivity contribution in [3.63, 3.8) is 0 Å². The van der Waals surface area contributed by atoms with Gasteiger partial charge in [0.15, 0.2) is 11.6 Å². The standard InChI is InChI=1S/C6H2ClF4NO3S/c7-16(13,14)4-2-12-1-3(5(4)8)15-6(9,10)11/h1-2H. The molecule has 0 aliphatic heterocycles. The van der Waals surface area contributed by atoms with Gasteiger partial charge in [-0.25, -0.2) is 12.8 Å². The maximum atomic E-state index is 13.2. The minimum atomic E-state index is -5.16. The summed E-state index contributed by atoms with van der Waals surface area (Å²) in [7, 11) is 0.238. The van der Waals surface area contributed by atoms with E-state index in [1.54, 1.807) is 0 Å². The second-order valence-electron chi connectivity index (χ2n) is 2.44. The van der Waals surface area contributed by atoms with Gasteiger partial charge in [-0.2, -0.15) is 0 Å². The van der Waals surface area contributed by atoms with E-state index in [2.05, 4.69) is 9.72 Å². The first-order chi connectivity index (χ1) is 7.11. The monoisotopic (exact) mass is 279 g/mol. The molecule has 0 amide bonds. The van der Waals surface area contributed by atoms with Crippen LogP contribution in [0, 0.1) is 5.82 Å². The molecule has 4 nitrogen and oxygen atoms in total. The summed E-state index contributed by atoms with van der Waals surface area (Å²) in [5.74, 6) is -3.11. The SMILES string of the molecule is O=S(=O)(Cl)c1cncc(OC(F)(F)F)c1F. The van der Waals surface area contributed by atoms with Crippen LogP contribution in [0.4, 0.5) is 17.6 Å². The highest BCUT2D eigenvalue weighted by molar-refractivity contribution is 8.13. The van der Waals surface area contributed by atoms with Crippen LogP contribution in [-0.4, -0.2) is 19.8 Å². The fraction of sp³-hybridized carbons (Fsp3) is 0.167. The number of nitrogens with zero attached hydrogens (tertiary/aromatic N) is 1. The first kappa shape index (κ1) is 13.0. The molecule has 0 aliphatic rings. The summed E-state index contributed by atoms with van der Waals surface area (Å²) in [6.45, 7) is 0.